The van der Waals surface area contributed by atoms with Crippen LogP contribution in [0.4, 0.5) is 0 Å². The van der Waals surface area contributed by atoms with Crippen molar-refractivity contribution in [2.24, 2.45) is 5.73 Å². The van der Waals surface area contributed by atoms with Gasteiger partial charge in [0.25, 0.3) is 5.91 Å². The van der Waals surface area contributed by atoms with Crippen LogP contribution in [0.3, 0.4) is 0 Å². The van der Waals surface area contributed by atoms with Gasteiger partial charge in [0.2, 0.25) is 0 Å². The molecule has 0 spiro atoms. The topological polar surface area (TPSA) is 68.9 Å². The average Bonchev–Trinajstić information content (AvgIpc) is 2.46. The van der Waals surface area contributed by atoms with E-state index in [2.05, 4.69) is 16.9 Å². The number of primary amides is 1. The largest absolute Gasteiger partial charge is 0.364 e. The van der Waals surface area contributed by atoms with Crippen molar-refractivity contribution in [1.29, 1.82) is 0 Å². The molecule has 0 aliphatic rings. The molecule has 0 fully saturated rings. The third-order valence-electron chi connectivity index (χ3n) is 3.18. The van der Waals surface area contributed by atoms with E-state index in [1.807, 2.05) is 19.1 Å². The van der Waals surface area contributed by atoms with E-state index in [1.165, 1.54) is 0 Å². The van der Waals surface area contributed by atoms with Crippen LogP contribution in [-0.4, -0.2) is 15.9 Å². The molecule has 98 valence electrons. The summed E-state index contributed by atoms with van der Waals surface area (Å²) in [4.78, 5) is 19.9. The van der Waals surface area contributed by atoms with Crippen molar-refractivity contribution >= 4 is 5.91 Å². The van der Waals surface area contributed by atoms with Crippen LogP contribution in [0.2, 0.25) is 0 Å². The van der Waals surface area contributed by atoms with Crippen molar-refractivity contribution in [2.45, 2.75) is 26.7 Å². The highest BCUT2D eigenvalue weighted by molar-refractivity contribution is 5.94. The summed E-state index contributed by atoms with van der Waals surface area (Å²) >= 11 is 0. The summed E-state index contributed by atoms with van der Waals surface area (Å²) in [6.07, 6.45) is 6.84. The fourth-order valence-corrected chi connectivity index (χ4v) is 2.29. The van der Waals surface area contributed by atoms with Crippen molar-refractivity contribution in [3.63, 3.8) is 0 Å². The Labute approximate surface area is 112 Å². The second kappa shape index (κ2) is 5.61. The number of aryl methyl sites for hydroxylation is 1. The summed E-state index contributed by atoms with van der Waals surface area (Å²) in [5, 5.41) is 0. The molecule has 0 aliphatic heterocycles. The molecule has 2 heterocycles. The third kappa shape index (κ3) is 2.47. The van der Waals surface area contributed by atoms with Gasteiger partial charge in [0.1, 0.15) is 5.69 Å². The van der Waals surface area contributed by atoms with Gasteiger partial charge >= 0.3 is 0 Å². The molecule has 0 aromatic carbocycles. The first-order valence-electron chi connectivity index (χ1n) is 6.40. The maximum Gasteiger partial charge on any atom is 0.267 e. The standard InChI is InChI=1S/C15H17N3O/c1-3-10-9-18-14(15(16)19)12(4-2)13(10)11-6-5-7-17-8-11/h5-9H,3-4H2,1-2H3,(H2,16,19). The molecule has 4 nitrogen and oxygen atoms in total. The normalized spacial score (nSPS) is 10.4. The Morgan fingerprint density at radius 2 is 2.05 bits per heavy atom. The first-order valence-corrected chi connectivity index (χ1v) is 6.40. The predicted octanol–water partition coefficient (Wildman–Crippen LogP) is 2.37. The number of amides is 1. The highest BCUT2D eigenvalue weighted by atomic mass is 16.1. The molecule has 0 unspecified atom stereocenters. The third-order valence-corrected chi connectivity index (χ3v) is 3.18. The number of aromatic nitrogens is 2. The van der Waals surface area contributed by atoms with E-state index in [9.17, 15) is 4.79 Å². The SMILES string of the molecule is CCc1cnc(C(N)=O)c(CC)c1-c1cccnc1. The molecule has 4 heteroatoms. The Bertz CT molecular complexity index is 594. The van der Waals surface area contributed by atoms with Gasteiger partial charge in [-0.25, -0.2) is 0 Å². The molecule has 1 amide bonds. The van der Waals surface area contributed by atoms with Gasteiger partial charge in [0, 0.05) is 24.2 Å². The zero-order chi connectivity index (χ0) is 13.8. The number of carbonyl (C=O) groups excluding carboxylic acids is 1. The van der Waals surface area contributed by atoms with Crippen LogP contribution in [-0.2, 0) is 12.8 Å². The van der Waals surface area contributed by atoms with Gasteiger partial charge in [-0.3, -0.25) is 14.8 Å². The van der Waals surface area contributed by atoms with Crippen LogP contribution in [0.1, 0.15) is 35.5 Å². The van der Waals surface area contributed by atoms with Crippen LogP contribution in [0, 0.1) is 0 Å². The van der Waals surface area contributed by atoms with Gasteiger partial charge < -0.3 is 5.73 Å². The molecular weight excluding hydrogens is 238 g/mol. The van der Waals surface area contributed by atoms with Crippen LogP contribution >= 0.6 is 0 Å². The Hall–Kier alpha value is -2.23. The molecule has 2 aromatic heterocycles. The molecular formula is C15H17N3O. The van der Waals surface area contributed by atoms with Crippen LogP contribution in [0.5, 0.6) is 0 Å². The van der Waals surface area contributed by atoms with Crippen molar-refractivity contribution in [3.05, 3.63) is 47.5 Å². The van der Waals surface area contributed by atoms with Crippen molar-refractivity contribution in [1.82, 2.24) is 9.97 Å². The summed E-state index contributed by atoms with van der Waals surface area (Å²) < 4.78 is 0. The van der Waals surface area contributed by atoms with E-state index in [-0.39, 0.29) is 0 Å². The summed E-state index contributed by atoms with van der Waals surface area (Å²) in [6, 6.07) is 3.88. The number of pyridine rings is 2. The fourth-order valence-electron chi connectivity index (χ4n) is 2.29. The van der Waals surface area contributed by atoms with E-state index >= 15 is 0 Å². The lowest BCUT2D eigenvalue weighted by atomic mass is 9.92. The molecule has 19 heavy (non-hydrogen) atoms. The minimum Gasteiger partial charge on any atom is -0.364 e. The second-order valence-electron chi connectivity index (χ2n) is 4.30. The Balaban J connectivity index is 2.75. The van der Waals surface area contributed by atoms with Crippen molar-refractivity contribution in [2.75, 3.05) is 0 Å². The quantitative estimate of drug-likeness (QED) is 0.911. The second-order valence-corrected chi connectivity index (χ2v) is 4.30. The van der Waals surface area contributed by atoms with E-state index in [1.54, 1.807) is 18.6 Å². The zero-order valence-electron chi connectivity index (χ0n) is 11.2. The Kier molecular flexibility index (Phi) is 3.90. The van der Waals surface area contributed by atoms with Gasteiger partial charge in [0.05, 0.1) is 0 Å². The maximum absolute atomic E-state index is 11.5. The zero-order valence-corrected chi connectivity index (χ0v) is 11.2. The maximum atomic E-state index is 11.5. The highest BCUT2D eigenvalue weighted by Crippen LogP contribution is 2.29. The monoisotopic (exact) mass is 255 g/mol. The van der Waals surface area contributed by atoms with Crippen LogP contribution < -0.4 is 5.73 Å². The van der Waals surface area contributed by atoms with Gasteiger partial charge in [-0.05, 0) is 35.6 Å². The number of nitrogens with zero attached hydrogens (tertiary/aromatic N) is 2. The first kappa shape index (κ1) is 13.2. The van der Waals surface area contributed by atoms with Gasteiger partial charge in [-0.15, -0.1) is 0 Å². The summed E-state index contributed by atoms with van der Waals surface area (Å²) in [5.41, 5.74) is 9.82. The molecule has 0 bridgehead atoms. The summed E-state index contributed by atoms with van der Waals surface area (Å²) in [5.74, 6) is -0.482. The van der Waals surface area contributed by atoms with E-state index in [0.29, 0.717) is 12.1 Å². The molecule has 0 atom stereocenters. The lowest BCUT2D eigenvalue weighted by Crippen LogP contribution is -2.17. The molecule has 0 saturated heterocycles. The highest BCUT2D eigenvalue weighted by Gasteiger charge is 2.17. The number of hydrogen-bond donors (Lipinski definition) is 1. The predicted molar refractivity (Wildman–Crippen MR) is 74.7 cm³/mol. The van der Waals surface area contributed by atoms with E-state index < -0.39 is 5.91 Å². The molecule has 0 radical (unpaired) electrons. The summed E-state index contributed by atoms with van der Waals surface area (Å²) in [6.45, 7) is 4.07. The Morgan fingerprint density at radius 1 is 1.26 bits per heavy atom. The number of carbonyl (C=O) groups is 1. The van der Waals surface area contributed by atoms with Crippen LogP contribution in [0.15, 0.2) is 30.7 Å². The van der Waals surface area contributed by atoms with Crippen LogP contribution in [0.25, 0.3) is 11.1 Å². The summed E-state index contributed by atoms with van der Waals surface area (Å²) in [7, 11) is 0. The van der Waals surface area contributed by atoms with Gasteiger partial charge in [0.15, 0.2) is 0 Å². The fraction of sp³-hybridized carbons (Fsp3) is 0.267. The number of nitrogens with two attached hydrogens (primary N) is 1. The number of rotatable bonds is 4. The molecule has 2 aromatic rings. The van der Waals surface area contributed by atoms with Crippen molar-refractivity contribution < 1.29 is 4.79 Å². The molecule has 0 aliphatic carbocycles. The number of hydrogen-bond acceptors (Lipinski definition) is 3. The Morgan fingerprint density at radius 3 is 2.58 bits per heavy atom. The van der Waals surface area contributed by atoms with Gasteiger partial charge in [-0.2, -0.15) is 0 Å². The first-order chi connectivity index (χ1) is 9.19. The van der Waals surface area contributed by atoms with Gasteiger partial charge in [-0.1, -0.05) is 19.9 Å². The molecule has 0 saturated carbocycles. The van der Waals surface area contributed by atoms with E-state index in [4.69, 9.17) is 5.73 Å². The van der Waals surface area contributed by atoms with E-state index in [0.717, 1.165) is 28.7 Å². The molecule has 2 N–H and O–H groups in total. The smallest absolute Gasteiger partial charge is 0.267 e. The lowest BCUT2D eigenvalue weighted by Gasteiger charge is -2.15. The lowest BCUT2D eigenvalue weighted by molar-refractivity contribution is 0.0994. The minimum atomic E-state index is -0.482. The molecule has 2 rings (SSSR count). The average molecular weight is 255 g/mol. The minimum absolute atomic E-state index is 0.360. The van der Waals surface area contributed by atoms with Crippen molar-refractivity contribution in [3.8, 4) is 11.1 Å².